The average Bonchev–Trinajstić information content (AvgIpc) is 2.61. The van der Waals surface area contributed by atoms with Crippen molar-refractivity contribution in [1.29, 1.82) is 0 Å². The van der Waals surface area contributed by atoms with Gasteiger partial charge in [-0.15, -0.1) is 0 Å². The fraction of sp³-hybridized carbons (Fsp3) is 0.455. The molecule has 0 saturated carbocycles. The maximum absolute atomic E-state index is 9.95. The van der Waals surface area contributed by atoms with Gasteiger partial charge in [0.15, 0.2) is 0 Å². The molecule has 1 N–H and O–H groups in total. The zero-order valence-corrected chi connectivity index (χ0v) is 18.0. The van der Waals surface area contributed by atoms with Crippen molar-refractivity contribution in [2.45, 2.75) is 58.8 Å². The Morgan fingerprint density at radius 2 is 1.56 bits per heavy atom. The average molecular weight is 388 g/mol. The van der Waals surface area contributed by atoms with Gasteiger partial charge in [0.05, 0.1) is 7.11 Å². The highest BCUT2D eigenvalue weighted by molar-refractivity contribution is 6.44. The van der Waals surface area contributed by atoms with Gasteiger partial charge >= 0.3 is 9.28 Å². The molecule has 2 aromatic carbocycles. The summed E-state index contributed by atoms with van der Waals surface area (Å²) in [7, 11) is 0.378. The Morgan fingerprint density at radius 3 is 2.11 bits per heavy atom. The van der Waals surface area contributed by atoms with E-state index >= 15 is 0 Å². The van der Waals surface area contributed by atoms with Crippen LogP contribution in [0.15, 0.2) is 42.5 Å². The van der Waals surface area contributed by atoms with E-state index in [2.05, 4.69) is 0 Å². The number of aryl methyl sites for hydroxylation is 1. The van der Waals surface area contributed by atoms with Gasteiger partial charge in [-0.1, -0.05) is 18.2 Å². The van der Waals surface area contributed by atoms with Crippen molar-refractivity contribution in [2.24, 2.45) is 0 Å². The predicted octanol–water partition coefficient (Wildman–Crippen LogP) is 5.34. The third kappa shape index (κ3) is 7.01. The lowest BCUT2D eigenvalue weighted by atomic mass is 9.96. The van der Waals surface area contributed by atoms with Crippen LogP contribution in [0.5, 0.6) is 11.5 Å². The fourth-order valence-electron chi connectivity index (χ4n) is 2.93. The highest BCUT2D eigenvalue weighted by Crippen LogP contribution is 2.30. The van der Waals surface area contributed by atoms with Crippen LogP contribution in [0.3, 0.4) is 0 Å². The van der Waals surface area contributed by atoms with Gasteiger partial charge in [0.25, 0.3) is 0 Å². The molecule has 0 aromatic heterocycles. The van der Waals surface area contributed by atoms with Gasteiger partial charge in [-0.2, -0.15) is 0 Å². The fourth-order valence-corrected chi connectivity index (χ4v) is 4.74. The Morgan fingerprint density at radius 1 is 0.926 bits per heavy atom. The van der Waals surface area contributed by atoms with Crippen LogP contribution in [-0.2, 0) is 15.3 Å². The lowest BCUT2D eigenvalue weighted by molar-refractivity contribution is 0.129. The molecule has 0 atom stereocenters. The van der Waals surface area contributed by atoms with Crippen molar-refractivity contribution < 1.29 is 18.7 Å². The molecular weight excluding hydrogens is 356 g/mol. The molecule has 1 radical (unpaired) electrons. The molecule has 0 bridgehead atoms. The van der Waals surface area contributed by atoms with E-state index in [1.807, 2.05) is 64.1 Å². The van der Waals surface area contributed by atoms with E-state index in [4.69, 9.17) is 13.6 Å². The molecule has 0 aliphatic rings. The standard InChI is InChI=1S/C22H31O4Si/c1-16(2)25-27(26-17(3)4)14-6-7-19-15-20(23)10-13-22(19)18-8-11-21(24-5)12-9-18/h8-13,15-17,23H,6-7,14H2,1-5H3. The Bertz CT molecular complexity index is 688. The molecular formula is C22H31O4Si. The third-order valence-electron chi connectivity index (χ3n) is 4.05. The minimum Gasteiger partial charge on any atom is -0.508 e. The van der Waals surface area contributed by atoms with E-state index in [1.165, 1.54) is 0 Å². The monoisotopic (exact) mass is 387 g/mol. The summed E-state index contributed by atoms with van der Waals surface area (Å²) in [4.78, 5) is 0. The second kappa shape index (κ2) is 10.5. The molecule has 0 amide bonds. The Balaban J connectivity index is 2.09. The van der Waals surface area contributed by atoms with Crippen molar-refractivity contribution in [2.75, 3.05) is 7.11 Å². The highest BCUT2D eigenvalue weighted by atomic mass is 28.3. The van der Waals surface area contributed by atoms with Crippen LogP contribution in [-0.4, -0.2) is 33.7 Å². The van der Waals surface area contributed by atoms with Crippen molar-refractivity contribution >= 4 is 9.28 Å². The number of hydrogen-bond acceptors (Lipinski definition) is 4. The Labute approximate surface area is 164 Å². The maximum atomic E-state index is 9.95. The first kappa shape index (κ1) is 21.5. The van der Waals surface area contributed by atoms with E-state index in [0.29, 0.717) is 5.75 Å². The number of phenols is 1. The molecule has 147 valence electrons. The zero-order valence-electron chi connectivity index (χ0n) is 17.0. The zero-order chi connectivity index (χ0) is 19.8. The van der Waals surface area contributed by atoms with Gasteiger partial charge in [0, 0.05) is 12.2 Å². The lowest BCUT2D eigenvalue weighted by Gasteiger charge is -2.20. The summed E-state index contributed by atoms with van der Waals surface area (Å²) in [5, 5.41) is 9.95. The number of phenolic OH excluding ortho intramolecular Hbond substituents is 1. The third-order valence-corrected chi connectivity index (χ3v) is 6.28. The van der Waals surface area contributed by atoms with Gasteiger partial charge in [0.1, 0.15) is 11.5 Å². The summed E-state index contributed by atoms with van der Waals surface area (Å²) in [6.07, 6.45) is 2.18. The predicted molar refractivity (Wildman–Crippen MR) is 111 cm³/mol. The number of hydrogen-bond donors (Lipinski definition) is 1. The van der Waals surface area contributed by atoms with Crippen LogP contribution in [0.1, 0.15) is 39.7 Å². The number of benzene rings is 2. The first-order chi connectivity index (χ1) is 12.9. The lowest BCUT2D eigenvalue weighted by Crippen LogP contribution is -2.29. The minimum atomic E-state index is -1.29. The van der Waals surface area contributed by atoms with Crippen LogP contribution in [0.25, 0.3) is 11.1 Å². The molecule has 0 aliphatic heterocycles. The second-order valence-corrected chi connectivity index (χ2v) is 8.84. The van der Waals surface area contributed by atoms with Crippen LogP contribution >= 0.6 is 0 Å². The minimum absolute atomic E-state index is 0.174. The van der Waals surface area contributed by atoms with Gasteiger partial charge in [-0.25, -0.2) is 0 Å². The summed E-state index contributed by atoms with van der Waals surface area (Å²) in [6, 6.07) is 14.5. The largest absolute Gasteiger partial charge is 0.508 e. The summed E-state index contributed by atoms with van der Waals surface area (Å²) < 4.78 is 17.2. The van der Waals surface area contributed by atoms with Crippen LogP contribution in [0, 0.1) is 0 Å². The molecule has 0 saturated heterocycles. The molecule has 27 heavy (non-hydrogen) atoms. The summed E-state index contributed by atoms with van der Waals surface area (Å²) >= 11 is 0. The second-order valence-electron chi connectivity index (χ2n) is 7.13. The topological polar surface area (TPSA) is 47.9 Å². The van der Waals surface area contributed by atoms with Gasteiger partial charge in [-0.3, -0.25) is 0 Å². The van der Waals surface area contributed by atoms with Crippen LogP contribution in [0.4, 0.5) is 0 Å². The molecule has 2 aromatic rings. The normalized spacial score (nSPS) is 11.6. The van der Waals surface area contributed by atoms with Crippen molar-refractivity contribution in [1.82, 2.24) is 0 Å². The van der Waals surface area contributed by atoms with Gasteiger partial charge < -0.3 is 18.7 Å². The highest BCUT2D eigenvalue weighted by Gasteiger charge is 2.19. The van der Waals surface area contributed by atoms with Crippen LogP contribution < -0.4 is 4.74 Å². The number of methoxy groups -OCH3 is 1. The van der Waals surface area contributed by atoms with E-state index in [0.717, 1.165) is 41.3 Å². The smallest absolute Gasteiger partial charge is 0.385 e. The number of rotatable bonds is 10. The molecule has 0 aliphatic carbocycles. The Hall–Kier alpha value is -1.82. The maximum Gasteiger partial charge on any atom is 0.385 e. The Kier molecular flexibility index (Phi) is 8.35. The molecule has 4 nitrogen and oxygen atoms in total. The number of ether oxygens (including phenoxy) is 1. The molecule has 0 spiro atoms. The summed E-state index contributed by atoms with van der Waals surface area (Å²) in [5.41, 5.74) is 3.39. The van der Waals surface area contributed by atoms with Crippen molar-refractivity contribution in [3.05, 3.63) is 48.0 Å². The van der Waals surface area contributed by atoms with E-state index in [1.54, 1.807) is 13.2 Å². The van der Waals surface area contributed by atoms with Crippen molar-refractivity contribution in [3.8, 4) is 22.6 Å². The molecule has 5 heteroatoms. The molecule has 2 rings (SSSR count). The van der Waals surface area contributed by atoms with Crippen LogP contribution in [0.2, 0.25) is 6.04 Å². The molecule has 0 unspecified atom stereocenters. The summed E-state index contributed by atoms with van der Waals surface area (Å²) in [5.74, 6) is 1.13. The van der Waals surface area contributed by atoms with E-state index in [9.17, 15) is 5.11 Å². The van der Waals surface area contributed by atoms with E-state index < -0.39 is 9.28 Å². The first-order valence-electron chi connectivity index (χ1n) is 9.54. The van der Waals surface area contributed by atoms with Gasteiger partial charge in [0.2, 0.25) is 0 Å². The van der Waals surface area contributed by atoms with Crippen molar-refractivity contribution in [3.63, 3.8) is 0 Å². The number of aromatic hydroxyl groups is 1. The van der Waals surface area contributed by atoms with Gasteiger partial charge in [-0.05, 0) is 87.5 Å². The SMILES string of the molecule is COc1ccc(-c2ccc(O)cc2CCC[Si](OC(C)C)OC(C)C)cc1. The summed E-state index contributed by atoms with van der Waals surface area (Å²) in [6.45, 7) is 8.19. The molecule has 0 fully saturated rings. The molecule has 0 heterocycles. The van der Waals surface area contributed by atoms with E-state index in [-0.39, 0.29) is 12.2 Å². The quantitative estimate of drug-likeness (QED) is 0.559. The first-order valence-corrected chi connectivity index (χ1v) is 11.1.